The number of aliphatic hydroxyl groups is 1. The van der Waals surface area contributed by atoms with Gasteiger partial charge in [0.2, 0.25) is 5.88 Å². The molecule has 0 amide bonds. The average Bonchev–Trinajstić information content (AvgIpc) is 2.03. The van der Waals surface area contributed by atoms with Gasteiger partial charge >= 0.3 is 0 Å². The zero-order chi connectivity index (χ0) is 9.14. The minimum atomic E-state index is -0.469. The van der Waals surface area contributed by atoms with Crippen LogP contribution >= 0.6 is 0 Å². The lowest BCUT2D eigenvalue weighted by Crippen LogP contribution is -1.97. The van der Waals surface area contributed by atoms with Gasteiger partial charge in [-0.3, -0.25) is 0 Å². The van der Waals surface area contributed by atoms with Gasteiger partial charge in [0.15, 0.2) is 0 Å². The zero-order valence-corrected chi connectivity index (χ0v) is 7.53. The summed E-state index contributed by atoms with van der Waals surface area (Å²) in [5, 5.41) is 9.29. The molecule has 3 heteroatoms. The van der Waals surface area contributed by atoms with Crippen molar-refractivity contribution in [1.29, 1.82) is 0 Å². The molecule has 1 aromatic heterocycles. The molecule has 12 heavy (non-hydrogen) atoms. The smallest absolute Gasteiger partial charge is 0.213 e. The van der Waals surface area contributed by atoms with Crippen molar-refractivity contribution in [3.63, 3.8) is 0 Å². The van der Waals surface area contributed by atoms with Gasteiger partial charge < -0.3 is 9.84 Å². The van der Waals surface area contributed by atoms with Crippen molar-refractivity contribution in [3.05, 3.63) is 23.4 Å². The molecule has 0 aliphatic heterocycles. The van der Waals surface area contributed by atoms with Crippen LogP contribution in [0.4, 0.5) is 0 Å². The predicted molar refractivity (Wildman–Crippen MR) is 46.2 cm³/mol. The van der Waals surface area contributed by atoms with Gasteiger partial charge in [0.05, 0.1) is 13.2 Å². The lowest BCUT2D eigenvalue weighted by Gasteiger charge is -2.08. The number of aromatic nitrogens is 1. The molecule has 66 valence electrons. The molecule has 1 heterocycles. The molecule has 1 aromatic rings. The van der Waals surface area contributed by atoms with Crippen LogP contribution in [0.1, 0.15) is 24.2 Å². The Morgan fingerprint density at radius 1 is 1.58 bits per heavy atom. The second-order valence-electron chi connectivity index (χ2n) is 2.76. The Balaban J connectivity index is 3.03. The highest BCUT2D eigenvalue weighted by Crippen LogP contribution is 2.18. The Morgan fingerprint density at radius 3 is 2.67 bits per heavy atom. The van der Waals surface area contributed by atoms with E-state index in [-0.39, 0.29) is 0 Å². The number of pyridine rings is 1. The van der Waals surface area contributed by atoms with E-state index in [2.05, 4.69) is 4.98 Å². The Hall–Kier alpha value is -1.09. The Morgan fingerprint density at radius 2 is 2.25 bits per heavy atom. The summed E-state index contributed by atoms with van der Waals surface area (Å²) in [6.07, 6.45) is 1.17. The minimum Gasteiger partial charge on any atom is -0.481 e. The SMILES string of the molecule is COc1cc(C)c([C@@H](C)O)cn1. The molecular weight excluding hydrogens is 154 g/mol. The van der Waals surface area contributed by atoms with Crippen molar-refractivity contribution in [2.75, 3.05) is 7.11 Å². The summed E-state index contributed by atoms with van der Waals surface area (Å²) in [4.78, 5) is 4.00. The third kappa shape index (κ3) is 1.74. The van der Waals surface area contributed by atoms with Gasteiger partial charge in [0.1, 0.15) is 0 Å². The van der Waals surface area contributed by atoms with E-state index < -0.39 is 6.10 Å². The molecule has 0 radical (unpaired) electrons. The molecular formula is C9H13NO2. The number of rotatable bonds is 2. The van der Waals surface area contributed by atoms with E-state index in [1.165, 1.54) is 0 Å². The summed E-state index contributed by atoms with van der Waals surface area (Å²) < 4.78 is 4.94. The topological polar surface area (TPSA) is 42.4 Å². The van der Waals surface area contributed by atoms with Crippen molar-refractivity contribution >= 4 is 0 Å². The number of aryl methyl sites for hydroxylation is 1. The highest BCUT2D eigenvalue weighted by molar-refractivity contribution is 5.29. The fourth-order valence-corrected chi connectivity index (χ4v) is 1.09. The second-order valence-corrected chi connectivity index (χ2v) is 2.76. The van der Waals surface area contributed by atoms with Crippen LogP contribution < -0.4 is 4.74 Å². The van der Waals surface area contributed by atoms with Crippen LogP contribution in [0.2, 0.25) is 0 Å². The number of aliphatic hydroxyl groups excluding tert-OH is 1. The summed E-state index contributed by atoms with van der Waals surface area (Å²) in [6.45, 7) is 3.64. The molecule has 0 saturated carbocycles. The van der Waals surface area contributed by atoms with E-state index in [0.29, 0.717) is 5.88 Å². The molecule has 3 nitrogen and oxygen atoms in total. The number of nitrogens with zero attached hydrogens (tertiary/aromatic N) is 1. The maximum Gasteiger partial charge on any atom is 0.213 e. The van der Waals surface area contributed by atoms with Crippen LogP contribution in [0.5, 0.6) is 5.88 Å². The van der Waals surface area contributed by atoms with E-state index >= 15 is 0 Å². The summed E-state index contributed by atoms with van der Waals surface area (Å²) in [5.41, 5.74) is 1.84. The first kappa shape index (κ1) is 9.00. The molecule has 0 spiro atoms. The van der Waals surface area contributed by atoms with Gasteiger partial charge in [-0.05, 0) is 19.4 Å². The first-order valence-electron chi connectivity index (χ1n) is 3.83. The van der Waals surface area contributed by atoms with Crippen molar-refractivity contribution < 1.29 is 9.84 Å². The van der Waals surface area contributed by atoms with Crippen LogP contribution in [0, 0.1) is 6.92 Å². The fourth-order valence-electron chi connectivity index (χ4n) is 1.09. The molecule has 0 fully saturated rings. The molecule has 0 aliphatic rings. The zero-order valence-electron chi connectivity index (χ0n) is 7.53. The molecule has 1 rings (SSSR count). The van der Waals surface area contributed by atoms with Crippen molar-refractivity contribution in [3.8, 4) is 5.88 Å². The minimum absolute atomic E-state index is 0.469. The Bertz CT molecular complexity index is 271. The van der Waals surface area contributed by atoms with Crippen LogP contribution in [-0.2, 0) is 0 Å². The maximum absolute atomic E-state index is 9.29. The molecule has 0 saturated heterocycles. The maximum atomic E-state index is 9.29. The Labute approximate surface area is 72.0 Å². The number of methoxy groups -OCH3 is 1. The van der Waals surface area contributed by atoms with E-state index in [0.717, 1.165) is 11.1 Å². The summed E-state index contributed by atoms with van der Waals surface area (Å²) in [6, 6.07) is 1.81. The predicted octanol–water partition coefficient (Wildman–Crippen LogP) is 1.45. The second kappa shape index (κ2) is 3.54. The largest absolute Gasteiger partial charge is 0.481 e. The molecule has 1 atom stereocenters. The van der Waals surface area contributed by atoms with Gasteiger partial charge in [0, 0.05) is 17.8 Å². The summed E-state index contributed by atoms with van der Waals surface area (Å²) in [5.74, 6) is 0.580. The summed E-state index contributed by atoms with van der Waals surface area (Å²) in [7, 11) is 1.57. The lowest BCUT2D eigenvalue weighted by atomic mass is 10.1. The third-order valence-corrected chi connectivity index (χ3v) is 1.79. The van der Waals surface area contributed by atoms with Crippen LogP contribution in [-0.4, -0.2) is 17.2 Å². The highest BCUT2D eigenvalue weighted by Gasteiger charge is 2.05. The molecule has 0 aliphatic carbocycles. The van der Waals surface area contributed by atoms with Crippen LogP contribution in [0.3, 0.4) is 0 Å². The lowest BCUT2D eigenvalue weighted by molar-refractivity contribution is 0.198. The number of hydrogen-bond donors (Lipinski definition) is 1. The van der Waals surface area contributed by atoms with E-state index in [9.17, 15) is 5.11 Å². The van der Waals surface area contributed by atoms with Crippen molar-refractivity contribution in [2.24, 2.45) is 0 Å². The third-order valence-electron chi connectivity index (χ3n) is 1.79. The molecule has 1 N–H and O–H groups in total. The average molecular weight is 167 g/mol. The van der Waals surface area contributed by atoms with Crippen LogP contribution in [0.15, 0.2) is 12.3 Å². The molecule has 0 aromatic carbocycles. The summed E-state index contributed by atoms with van der Waals surface area (Å²) >= 11 is 0. The number of hydrogen-bond acceptors (Lipinski definition) is 3. The number of ether oxygens (including phenoxy) is 1. The molecule has 0 bridgehead atoms. The first-order chi connectivity index (χ1) is 5.65. The van der Waals surface area contributed by atoms with Gasteiger partial charge in [-0.15, -0.1) is 0 Å². The fraction of sp³-hybridized carbons (Fsp3) is 0.444. The quantitative estimate of drug-likeness (QED) is 0.725. The van der Waals surface area contributed by atoms with Gasteiger partial charge in [-0.1, -0.05) is 0 Å². The van der Waals surface area contributed by atoms with Crippen molar-refractivity contribution in [2.45, 2.75) is 20.0 Å². The first-order valence-corrected chi connectivity index (χ1v) is 3.83. The van der Waals surface area contributed by atoms with E-state index in [1.54, 1.807) is 20.2 Å². The molecule has 0 unspecified atom stereocenters. The monoisotopic (exact) mass is 167 g/mol. The normalized spacial score (nSPS) is 12.7. The Kier molecular flexibility index (Phi) is 2.65. The van der Waals surface area contributed by atoms with Gasteiger partial charge in [-0.2, -0.15) is 0 Å². The van der Waals surface area contributed by atoms with E-state index in [1.807, 2.05) is 13.0 Å². The van der Waals surface area contributed by atoms with Crippen molar-refractivity contribution in [1.82, 2.24) is 4.98 Å². The van der Waals surface area contributed by atoms with Gasteiger partial charge in [0.25, 0.3) is 0 Å². The van der Waals surface area contributed by atoms with E-state index in [4.69, 9.17) is 4.74 Å². The standard InChI is InChI=1S/C9H13NO2/c1-6-4-9(12-3)10-5-8(6)7(2)11/h4-5,7,11H,1-3H3/t7-/m1/s1. The van der Waals surface area contributed by atoms with Crippen LogP contribution in [0.25, 0.3) is 0 Å². The highest BCUT2D eigenvalue weighted by atomic mass is 16.5. The van der Waals surface area contributed by atoms with Gasteiger partial charge in [-0.25, -0.2) is 4.98 Å².